The molecule has 1 N–H and O–H groups in total. The molecular formula is C16H19N3O5. The molecule has 1 aromatic carbocycles. The molecule has 1 atom stereocenters. The summed E-state index contributed by atoms with van der Waals surface area (Å²) in [6, 6.07) is 8.76. The Bertz CT molecular complexity index is 764. The number of aromatic nitrogens is 2. The normalized spacial score (nSPS) is 12.0. The Morgan fingerprint density at radius 2 is 1.92 bits per heavy atom. The summed E-state index contributed by atoms with van der Waals surface area (Å²) in [5, 5.41) is 6.59. The van der Waals surface area contributed by atoms with Crippen LogP contribution in [0.5, 0.6) is 0 Å². The van der Waals surface area contributed by atoms with Gasteiger partial charge in [0.1, 0.15) is 6.54 Å². The highest BCUT2D eigenvalue weighted by atomic mass is 16.5. The third-order valence-electron chi connectivity index (χ3n) is 3.01. The molecule has 8 nitrogen and oxygen atoms in total. The molecule has 0 aliphatic rings. The van der Waals surface area contributed by atoms with Gasteiger partial charge in [-0.05, 0) is 32.9 Å². The van der Waals surface area contributed by atoms with E-state index < -0.39 is 30.3 Å². The fraction of sp³-hybridized carbons (Fsp3) is 0.375. The van der Waals surface area contributed by atoms with Crippen LogP contribution in [0.25, 0.3) is 11.5 Å². The third kappa shape index (κ3) is 4.55. The van der Waals surface area contributed by atoms with Crippen molar-refractivity contribution in [3.8, 4) is 11.5 Å². The summed E-state index contributed by atoms with van der Waals surface area (Å²) in [5.41, 5.74) is 0.617. The number of rotatable bonds is 6. The average Bonchev–Trinajstić information content (AvgIpc) is 2.88. The number of hydrogen-bond donors (Lipinski definition) is 1. The van der Waals surface area contributed by atoms with E-state index in [9.17, 15) is 14.4 Å². The van der Waals surface area contributed by atoms with Gasteiger partial charge in [-0.15, -0.1) is 5.10 Å². The summed E-state index contributed by atoms with van der Waals surface area (Å²) in [6.07, 6.45) is -0.962. The molecule has 0 aliphatic heterocycles. The molecule has 2 aromatic rings. The number of ether oxygens (including phenoxy) is 1. The van der Waals surface area contributed by atoms with Crippen LogP contribution < -0.4 is 11.1 Å². The van der Waals surface area contributed by atoms with Crippen LogP contribution in [0.3, 0.4) is 0 Å². The Morgan fingerprint density at radius 3 is 2.54 bits per heavy atom. The van der Waals surface area contributed by atoms with Gasteiger partial charge >= 0.3 is 11.7 Å². The topological polar surface area (TPSA) is 103 Å². The minimum absolute atomic E-state index is 0.0646. The summed E-state index contributed by atoms with van der Waals surface area (Å²) in [6.45, 7) is 4.62. The molecule has 8 heteroatoms. The van der Waals surface area contributed by atoms with E-state index in [4.69, 9.17) is 9.15 Å². The Kier molecular flexibility index (Phi) is 5.51. The lowest BCUT2D eigenvalue weighted by Gasteiger charge is -2.15. The predicted molar refractivity (Wildman–Crippen MR) is 85.0 cm³/mol. The van der Waals surface area contributed by atoms with Crippen molar-refractivity contribution < 1.29 is 18.7 Å². The molecule has 0 saturated carbocycles. The molecule has 0 unspecified atom stereocenters. The number of esters is 1. The molecule has 0 bridgehead atoms. The molecule has 0 aliphatic carbocycles. The first-order valence-corrected chi connectivity index (χ1v) is 7.50. The van der Waals surface area contributed by atoms with Crippen LogP contribution in [-0.2, 0) is 20.9 Å². The van der Waals surface area contributed by atoms with E-state index in [-0.39, 0.29) is 11.9 Å². The number of benzene rings is 1. The second-order valence-electron chi connectivity index (χ2n) is 5.49. The molecule has 0 fully saturated rings. The summed E-state index contributed by atoms with van der Waals surface area (Å²) in [7, 11) is 0. The van der Waals surface area contributed by atoms with Gasteiger partial charge in [0.25, 0.3) is 5.91 Å². The monoisotopic (exact) mass is 333 g/mol. The van der Waals surface area contributed by atoms with Crippen molar-refractivity contribution >= 4 is 11.9 Å². The minimum atomic E-state index is -0.962. The quantitative estimate of drug-likeness (QED) is 0.790. The first-order valence-electron chi connectivity index (χ1n) is 7.50. The minimum Gasteiger partial charge on any atom is -0.451 e. The smallest absolute Gasteiger partial charge is 0.437 e. The largest absolute Gasteiger partial charge is 0.451 e. The second kappa shape index (κ2) is 7.58. The number of amides is 1. The summed E-state index contributed by atoms with van der Waals surface area (Å²) < 4.78 is 10.9. The van der Waals surface area contributed by atoms with Gasteiger partial charge in [0.05, 0.1) is 0 Å². The van der Waals surface area contributed by atoms with Crippen LogP contribution >= 0.6 is 0 Å². The number of carbonyl (C=O) groups is 2. The Balaban J connectivity index is 2.01. The van der Waals surface area contributed by atoms with Gasteiger partial charge in [0.2, 0.25) is 5.89 Å². The molecule has 0 saturated heterocycles. The number of carbonyl (C=O) groups excluding carboxylic acids is 2. The molecule has 1 heterocycles. The first-order chi connectivity index (χ1) is 11.4. The van der Waals surface area contributed by atoms with Crippen molar-refractivity contribution in [1.29, 1.82) is 0 Å². The Labute approximate surface area is 138 Å². The maximum atomic E-state index is 11.9. The van der Waals surface area contributed by atoms with E-state index in [1.807, 2.05) is 6.07 Å². The van der Waals surface area contributed by atoms with Gasteiger partial charge in [-0.3, -0.25) is 9.59 Å². The Hall–Kier alpha value is -2.90. The van der Waals surface area contributed by atoms with Gasteiger partial charge in [0, 0.05) is 11.6 Å². The maximum absolute atomic E-state index is 11.9. The van der Waals surface area contributed by atoms with Crippen molar-refractivity contribution in [2.45, 2.75) is 39.5 Å². The summed E-state index contributed by atoms with van der Waals surface area (Å²) in [4.78, 5) is 35.3. The van der Waals surface area contributed by atoms with Gasteiger partial charge in [-0.25, -0.2) is 4.79 Å². The van der Waals surface area contributed by atoms with Crippen molar-refractivity contribution in [3.63, 3.8) is 0 Å². The molecule has 128 valence electrons. The van der Waals surface area contributed by atoms with Gasteiger partial charge in [0.15, 0.2) is 6.10 Å². The number of hydrogen-bond acceptors (Lipinski definition) is 6. The molecule has 2 rings (SSSR count). The van der Waals surface area contributed by atoms with E-state index >= 15 is 0 Å². The molecule has 24 heavy (non-hydrogen) atoms. The summed E-state index contributed by atoms with van der Waals surface area (Å²) >= 11 is 0. The van der Waals surface area contributed by atoms with Crippen LogP contribution in [0.2, 0.25) is 0 Å². The molecule has 0 radical (unpaired) electrons. The van der Waals surface area contributed by atoms with Crippen LogP contribution in [0.1, 0.15) is 20.8 Å². The highest BCUT2D eigenvalue weighted by molar-refractivity contribution is 5.83. The molecule has 1 aromatic heterocycles. The van der Waals surface area contributed by atoms with E-state index in [1.54, 1.807) is 38.1 Å². The standard InChI is InChI=1S/C16H19N3O5/c1-10(2)17-14(21)11(3)23-13(20)9-19-16(22)24-15(18-19)12-7-5-4-6-8-12/h4-8,10-11H,9H2,1-3H3,(H,17,21)/t11-/m0/s1. The van der Waals surface area contributed by atoms with Crippen LogP contribution in [0, 0.1) is 0 Å². The van der Waals surface area contributed by atoms with Crippen molar-refractivity contribution in [1.82, 2.24) is 15.1 Å². The number of nitrogens with one attached hydrogen (secondary N) is 1. The average molecular weight is 333 g/mol. The van der Waals surface area contributed by atoms with Gasteiger partial charge in [-0.2, -0.15) is 4.68 Å². The van der Waals surface area contributed by atoms with E-state index in [1.165, 1.54) is 6.92 Å². The lowest BCUT2D eigenvalue weighted by molar-refractivity contribution is -0.155. The van der Waals surface area contributed by atoms with E-state index in [0.717, 1.165) is 4.68 Å². The first kappa shape index (κ1) is 17.5. The van der Waals surface area contributed by atoms with Crippen LogP contribution in [0.15, 0.2) is 39.5 Å². The van der Waals surface area contributed by atoms with Crippen LogP contribution in [-0.4, -0.2) is 33.8 Å². The zero-order valence-corrected chi connectivity index (χ0v) is 13.7. The van der Waals surface area contributed by atoms with Gasteiger partial charge in [-0.1, -0.05) is 18.2 Å². The third-order valence-corrected chi connectivity index (χ3v) is 3.01. The van der Waals surface area contributed by atoms with E-state index in [0.29, 0.717) is 5.56 Å². The molecular weight excluding hydrogens is 314 g/mol. The van der Waals surface area contributed by atoms with Crippen molar-refractivity contribution in [3.05, 3.63) is 40.9 Å². The summed E-state index contributed by atoms with van der Waals surface area (Å²) in [5.74, 6) is -1.82. The SMILES string of the molecule is CC(C)NC(=O)[C@H](C)OC(=O)Cn1nc(-c2ccccc2)oc1=O. The molecule has 0 spiro atoms. The van der Waals surface area contributed by atoms with Crippen molar-refractivity contribution in [2.24, 2.45) is 0 Å². The highest BCUT2D eigenvalue weighted by Crippen LogP contribution is 2.13. The second-order valence-corrected chi connectivity index (χ2v) is 5.49. The van der Waals surface area contributed by atoms with Crippen LogP contribution in [0.4, 0.5) is 0 Å². The fourth-order valence-electron chi connectivity index (χ4n) is 1.92. The number of nitrogens with zero attached hydrogens (tertiary/aromatic N) is 2. The lowest BCUT2D eigenvalue weighted by Crippen LogP contribution is -2.40. The maximum Gasteiger partial charge on any atom is 0.437 e. The fourth-order valence-corrected chi connectivity index (χ4v) is 1.92. The van der Waals surface area contributed by atoms with Crippen molar-refractivity contribution in [2.75, 3.05) is 0 Å². The lowest BCUT2D eigenvalue weighted by atomic mass is 10.2. The zero-order chi connectivity index (χ0) is 17.7. The van der Waals surface area contributed by atoms with E-state index in [2.05, 4.69) is 10.4 Å². The highest BCUT2D eigenvalue weighted by Gasteiger charge is 2.20. The molecule has 1 amide bonds. The predicted octanol–water partition coefficient (Wildman–Crippen LogP) is 0.960. The van der Waals surface area contributed by atoms with Gasteiger partial charge < -0.3 is 14.5 Å². The Morgan fingerprint density at radius 1 is 1.25 bits per heavy atom. The zero-order valence-electron chi connectivity index (χ0n) is 13.7.